The summed E-state index contributed by atoms with van der Waals surface area (Å²) in [7, 11) is -1.37. The molecule has 0 aliphatic carbocycles. The van der Waals surface area contributed by atoms with Gasteiger partial charge < -0.3 is 9.47 Å². The quantitative estimate of drug-likeness (QED) is 0.774. The summed E-state index contributed by atoms with van der Waals surface area (Å²) in [5, 5.41) is 0. The monoisotopic (exact) mass is 273 g/mol. The van der Waals surface area contributed by atoms with E-state index < -0.39 is 9.84 Å². The Morgan fingerprint density at radius 1 is 1.33 bits per heavy atom. The van der Waals surface area contributed by atoms with Crippen LogP contribution in [0.3, 0.4) is 0 Å². The second kappa shape index (κ2) is 5.13. The van der Waals surface area contributed by atoms with E-state index in [1.54, 1.807) is 18.2 Å². The minimum Gasteiger partial charge on any atom is -0.493 e. The highest BCUT2D eigenvalue weighted by Gasteiger charge is 2.35. The van der Waals surface area contributed by atoms with E-state index in [4.69, 9.17) is 15.4 Å². The topological polar surface area (TPSA) is 87.8 Å². The smallest absolute Gasteiger partial charge is 0.161 e. The molecular weight excluding hydrogens is 258 g/mol. The summed E-state index contributed by atoms with van der Waals surface area (Å²) in [4.78, 5) is 4.53. The van der Waals surface area contributed by atoms with Crippen molar-refractivity contribution in [1.82, 2.24) is 0 Å². The van der Waals surface area contributed by atoms with Crippen LogP contribution in [0.5, 0.6) is 11.5 Å². The fraction of sp³-hybridized carbons (Fsp3) is 0.455. The maximum absolute atomic E-state index is 11.0. The van der Waals surface area contributed by atoms with Crippen LogP contribution in [0.25, 0.3) is 0 Å². The fourth-order valence-electron chi connectivity index (χ4n) is 1.76. The molecule has 0 saturated carbocycles. The lowest BCUT2D eigenvalue weighted by Crippen LogP contribution is -2.45. The first-order valence-electron chi connectivity index (χ1n) is 5.40. The summed E-state index contributed by atoms with van der Waals surface area (Å²) >= 11 is 0. The van der Waals surface area contributed by atoms with Gasteiger partial charge >= 0.3 is 0 Å². The molecule has 1 saturated heterocycles. The van der Waals surface area contributed by atoms with Crippen LogP contribution >= 0.6 is 0 Å². The van der Waals surface area contributed by atoms with Crippen molar-refractivity contribution < 1.29 is 22.7 Å². The Hall–Kier alpha value is -1.31. The molecule has 0 spiro atoms. The van der Waals surface area contributed by atoms with Crippen molar-refractivity contribution in [2.45, 2.75) is 12.7 Å². The number of nitrogens with two attached hydrogens (primary N) is 1. The first kappa shape index (κ1) is 13.1. The minimum atomic E-state index is -2.89. The predicted octanol–water partition coefficient (Wildman–Crippen LogP) is 0.261. The number of benzene rings is 1. The number of hydrogen-bond acceptors (Lipinski definition) is 6. The van der Waals surface area contributed by atoms with Gasteiger partial charge in [-0.3, -0.25) is 4.84 Å². The van der Waals surface area contributed by atoms with Crippen LogP contribution in [0.2, 0.25) is 0 Å². The van der Waals surface area contributed by atoms with Crippen molar-refractivity contribution >= 4 is 9.84 Å². The van der Waals surface area contributed by atoms with Crippen LogP contribution in [-0.4, -0.2) is 33.1 Å². The Kier molecular flexibility index (Phi) is 3.74. The Labute approximate surface area is 106 Å². The number of rotatable bonds is 5. The second-order valence-corrected chi connectivity index (χ2v) is 6.27. The zero-order valence-corrected chi connectivity index (χ0v) is 10.8. The summed E-state index contributed by atoms with van der Waals surface area (Å²) in [6.07, 6.45) is -0.291. The Balaban J connectivity index is 2.08. The van der Waals surface area contributed by atoms with Crippen LogP contribution in [-0.2, 0) is 21.3 Å². The van der Waals surface area contributed by atoms with Gasteiger partial charge in [-0.1, -0.05) is 6.07 Å². The summed E-state index contributed by atoms with van der Waals surface area (Å²) in [5.74, 6) is 6.17. The molecule has 18 heavy (non-hydrogen) atoms. The van der Waals surface area contributed by atoms with Crippen molar-refractivity contribution in [2.24, 2.45) is 5.90 Å². The van der Waals surface area contributed by atoms with Gasteiger partial charge in [0.15, 0.2) is 21.3 Å². The van der Waals surface area contributed by atoms with E-state index in [0.29, 0.717) is 11.5 Å². The van der Waals surface area contributed by atoms with E-state index in [9.17, 15) is 8.42 Å². The predicted molar refractivity (Wildman–Crippen MR) is 65.0 cm³/mol. The molecule has 1 aromatic carbocycles. The van der Waals surface area contributed by atoms with Crippen molar-refractivity contribution in [1.29, 1.82) is 0 Å². The van der Waals surface area contributed by atoms with E-state index in [1.807, 2.05) is 0 Å². The third-order valence-corrected chi connectivity index (χ3v) is 4.41. The third kappa shape index (κ3) is 2.92. The molecule has 6 nitrogen and oxygen atoms in total. The van der Waals surface area contributed by atoms with E-state index in [0.717, 1.165) is 5.56 Å². The van der Waals surface area contributed by atoms with Gasteiger partial charge in [-0.15, -0.1) is 0 Å². The normalized spacial score (nSPS) is 18.1. The number of sulfone groups is 1. The van der Waals surface area contributed by atoms with Crippen molar-refractivity contribution in [3.8, 4) is 11.5 Å². The zero-order valence-electron chi connectivity index (χ0n) is 9.96. The lowest BCUT2D eigenvalue weighted by Gasteiger charge is -2.27. The molecule has 0 atom stereocenters. The first-order valence-corrected chi connectivity index (χ1v) is 7.22. The molecule has 0 radical (unpaired) electrons. The lowest BCUT2D eigenvalue weighted by molar-refractivity contribution is 0.123. The Morgan fingerprint density at radius 2 is 2.06 bits per heavy atom. The molecule has 1 aliphatic heterocycles. The summed E-state index contributed by atoms with van der Waals surface area (Å²) in [6.45, 7) is 0.272. The molecular formula is C11H15NO5S. The molecule has 1 fully saturated rings. The summed E-state index contributed by atoms with van der Waals surface area (Å²) in [6, 6.07) is 5.26. The van der Waals surface area contributed by atoms with Crippen molar-refractivity contribution in [3.05, 3.63) is 23.8 Å². The standard InChI is InChI=1S/C11H15NO5S/c1-15-11-4-8(5-16-12)2-3-10(11)17-9-6-18(13,14)7-9/h2-4,9H,5-7,12H2,1H3. The Morgan fingerprint density at radius 3 is 2.61 bits per heavy atom. The lowest BCUT2D eigenvalue weighted by atomic mass is 10.2. The number of hydrogen-bond donors (Lipinski definition) is 1. The molecule has 2 N–H and O–H groups in total. The van der Waals surface area contributed by atoms with Crippen LogP contribution in [0.1, 0.15) is 5.56 Å². The molecule has 1 aliphatic rings. The highest BCUT2D eigenvalue weighted by molar-refractivity contribution is 7.92. The van der Waals surface area contributed by atoms with Crippen LogP contribution < -0.4 is 15.4 Å². The molecule has 1 heterocycles. The van der Waals surface area contributed by atoms with E-state index in [-0.39, 0.29) is 24.2 Å². The van der Waals surface area contributed by atoms with Gasteiger partial charge in [-0.25, -0.2) is 14.3 Å². The molecule has 100 valence electrons. The zero-order chi connectivity index (χ0) is 13.2. The van der Waals surface area contributed by atoms with E-state index in [2.05, 4.69) is 4.84 Å². The van der Waals surface area contributed by atoms with E-state index >= 15 is 0 Å². The van der Waals surface area contributed by atoms with Crippen molar-refractivity contribution in [3.63, 3.8) is 0 Å². The molecule has 0 amide bonds. The molecule has 0 unspecified atom stereocenters. The van der Waals surface area contributed by atoms with Crippen molar-refractivity contribution in [2.75, 3.05) is 18.6 Å². The highest BCUT2D eigenvalue weighted by Crippen LogP contribution is 2.31. The van der Waals surface area contributed by atoms with Gasteiger partial charge in [-0.2, -0.15) is 0 Å². The average molecular weight is 273 g/mol. The van der Waals surface area contributed by atoms with Gasteiger partial charge in [0.1, 0.15) is 6.10 Å². The highest BCUT2D eigenvalue weighted by atomic mass is 32.2. The summed E-state index contributed by atoms with van der Waals surface area (Å²) in [5.41, 5.74) is 0.850. The van der Waals surface area contributed by atoms with Crippen LogP contribution in [0.15, 0.2) is 18.2 Å². The summed E-state index contributed by atoms with van der Waals surface area (Å²) < 4.78 is 32.8. The largest absolute Gasteiger partial charge is 0.493 e. The molecule has 0 bridgehead atoms. The van der Waals surface area contributed by atoms with Gasteiger partial charge in [0, 0.05) is 0 Å². The third-order valence-electron chi connectivity index (χ3n) is 2.65. The van der Waals surface area contributed by atoms with Gasteiger partial charge in [0.2, 0.25) is 0 Å². The van der Waals surface area contributed by atoms with Gasteiger partial charge in [-0.05, 0) is 17.7 Å². The van der Waals surface area contributed by atoms with Crippen LogP contribution in [0, 0.1) is 0 Å². The maximum atomic E-state index is 11.0. The Bertz CT molecular complexity index is 516. The number of ether oxygens (including phenoxy) is 2. The molecule has 0 aromatic heterocycles. The van der Waals surface area contributed by atoms with Gasteiger partial charge in [0.05, 0.1) is 25.2 Å². The van der Waals surface area contributed by atoms with Gasteiger partial charge in [0.25, 0.3) is 0 Å². The van der Waals surface area contributed by atoms with Crippen LogP contribution in [0.4, 0.5) is 0 Å². The fourth-order valence-corrected chi connectivity index (χ4v) is 2.93. The average Bonchev–Trinajstić information content (AvgIpc) is 2.29. The second-order valence-electron chi connectivity index (χ2n) is 4.11. The van der Waals surface area contributed by atoms with E-state index in [1.165, 1.54) is 7.11 Å². The number of methoxy groups -OCH3 is 1. The minimum absolute atomic E-state index is 0.0593. The SMILES string of the molecule is COc1cc(CON)ccc1OC1CS(=O)(=O)C1. The molecule has 2 rings (SSSR count). The maximum Gasteiger partial charge on any atom is 0.161 e. The molecule has 7 heteroatoms. The first-order chi connectivity index (χ1) is 8.54. The molecule has 1 aromatic rings.